The minimum absolute atomic E-state index is 0.228. The average molecular weight is 682 g/mol. The highest BCUT2D eigenvalue weighted by Gasteiger charge is 2.28. The molecule has 0 fully saturated rings. The third-order valence-electron chi connectivity index (χ3n) is 10.4. The number of aromatic nitrogens is 2. The molecule has 8 rings (SSSR count). The van der Waals surface area contributed by atoms with Gasteiger partial charge in [0.25, 0.3) is 0 Å². The zero-order valence-electron chi connectivity index (χ0n) is 34.5. The van der Waals surface area contributed by atoms with Crippen LogP contribution in [0.1, 0.15) is 107 Å². The molecule has 0 amide bonds. The summed E-state index contributed by atoms with van der Waals surface area (Å²) in [6.07, 6.45) is 7.65. The first-order valence-corrected chi connectivity index (χ1v) is 18.1. The molecule has 6 heteroatoms. The lowest BCUT2D eigenvalue weighted by molar-refractivity contribution is 0.495. The van der Waals surface area contributed by atoms with Gasteiger partial charge in [-0.15, -0.1) is 0 Å². The van der Waals surface area contributed by atoms with Crippen LogP contribution in [0.5, 0.6) is 0 Å². The van der Waals surface area contributed by atoms with Gasteiger partial charge in [0.05, 0.1) is 18.6 Å². The summed E-state index contributed by atoms with van der Waals surface area (Å²) in [5.41, 5.74) is 11.8. The monoisotopic (exact) mass is 681 g/mol. The molecule has 0 saturated heterocycles. The molecule has 1 aliphatic rings. The predicted octanol–water partition coefficient (Wildman–Crippen LogP) is 12.4. The van der Waals surface area contributed by atoms with E-state index in [1.54, 1.807) is 6.20 Å². The number of rotatable bonds is 5. The maximum Gasteiger partial charge on any atom is 0.139 e. The van der Waals surface area contributed by atoms with Crippen LogP contribution < -0.4 is 4.90 Å². The van der Waals surface area contributed by atoms with Crippen molar-refractivity contribution >= 4 is 49.6 Å². The van der Waals surface area contributed by atoms with E-state index in [4.69, 9.17) is 18.0 Å². The molecule has 0 aliphatic carbocycles. The summed E-state index contributed by atoms with van der Waals surface area (Å²) in [5.74, 6) is 0.744. The van der Waals surface area contributed by atoms with Crippen LogP contribution in [0.4, 0.5) is 5.69 Å². The van der Waals surface area contributed by atoms with E-state index in [2.05, 4.69) is 118 Å². The van der Waals surface area contributed by atoms with Crippen LogP contribution in [0.3, 0.4) is 0 Å². The number of benzene rings is 4. The van der Waals surface area contributed by atoms with Crippen molar-refractivity contribution in [3.8, 4) is 16.8 Å². The third-order valence-corrected chi connectivity index (χ3v) is 10.4. The first-order valence-electron chi connectivity index (χ1n) is 19.6. The van der Waals surface area contributed by atoms with Gasteiger partial charge < -0.3 is 18.6 Å². The molecule has 0 unspecified atom stereocenters. The second-order valence-electron chi connectivity index (χ2n) is 16.9. The number of furan rings is 2. The fourth-order valence-electron chi connectivity index (χ4n) is 7.78. The van der Waals surface area contributed by atoms with Crippen molar-refractivity contribution in [2.24, 2.45) is 0 Å². The van der Waals surface area contributed by atoms with Gasteiger partial charge in [0.1, 0.15) is 22.3 Å². The Labute approximate surface area is 305 Å². The quantitative estimate of drug-likeness (QED) is 0.181. The molecule has 0 radical (unpaired) electrons. The van der Waals surface area contributed by atoms with Gasteiger partial charge in [0.2, 0.25) is 0 Å². The molecule has 0 N–H and O–H groups in total. The first-order chi connectivity index (χ1) is 25.3. The lowest BCUT2D eigenvalue weighted by atomic mass is 9.84. The lowest BCUT2D eigenvalue weighted by Crippen LogP contribution is -2.22. The number of hydrogen-bond acceptors (Lipinski definition) is 5. The zero-order chi connectivity index (χ0) is 38.6. The standard InChI is InChI=1S/C45H50N4O2/c1-26(2)31-13-12-14-32(27(3)4)39(31)28-23-46-49(24-28)30-20-34-41-38(51-43(34)36(22-30)45(8,9)10)16-15-37-40(41)33-19-29(48-18-17-47(11)25-48)21-35(42(33)50-37)44(5,6)7/h12-24,26-27H,25H2,1-11H3/i11D3. The van der Waals surface area contributed by atoms with E-state index >= 15 is 0 Å². The summed E-state index contributed by atoms with van der Waals surface area (Å²) in [5, 5.41) is 8.93. The highest BCUT2D eigenvalue weighted by molar-refractivity contribution is 6.26. The van der Waals surface area contributed by atoms with Gasteiger partial charge in [-0.25, -0.2) is 4.68 Å². The number of hydrogen-bond donors (Lipinski definition) is 0. The molecule has 262 valence electrons. The fraction of sp³-hybridized carbons (Fsp3) is 0.356. The topological polar surface area (TPSA) is 50.6 Å². The van der Waals surface area contributed by atoms with Gasteiger partial charge in [0, 0.05) is 73.6 Å². The molecule has 1 aliphatic heterocycles. The normalized spacial score (nSPS) is 15.4. The van der Waals surface area contributed by atoms with Gasteiger partial charge in [-0.05, 0) is 75.8 Å². The van der Waals surface area contributed by atoms with Gasteiger partial charge in [-0.1, -0.05) is 87.4 Å². The van der Waals surface area contributed by atoms with E-state index in [0.717, 1.165) is 71.9 Å². The Morgan fingerprint density at radius 2 is 1.27 bits per heavy atom. The van der Waals surface area contributed by atoms with Crippen molar-refractivity contribution in [3.63, 3.8) is 0 Å². The molecule has 7 aromatic rings. The number of fused-ring (bicyclic) bond motifs is 7. The average Bonchev–Trinajstić information content (AvgIpc) is 3.89. The second kappa shape index (κ2) is 11.5. The Morgan fingerprint density at radius 3 is 1.78 bits per heavy atom. The van der Waals surface area contributed by atoms with E-state index in [1.165, 1.54) is 21.6 Å². The van der Waals surface area contributed by atoms with Crippen molar-refractivity contribution in [2.75, 3.05) is 18.5 Å². The van der Waals surface area contributed by atoms with E-state index in [1.807, 2.05) is 34.1 Å². The van der Waals surface area contributed by atoms with Crippen LogP contribution in [-0.4, -0.2) is 28.3 Å². The van der Waals surface area contributed by atoms with Crippen molar-refractivity contribution in [3.05, 3.63) is 102 Å². The van der Waals surface area contributed by atoms with E-state index in [9.17, 15) is 0 Å². The van der Waals surface area contributed by atoms with Crippen molar-refractivity contribution < 1.29 is 12.9 Å². The Morgan fingerprint density at radius 1 is 0.725 bits per heavy atom. The van der Waals surface area contributed by atoms with Crippen LogP contribution in [-0.2, 0) is 10.8 Å². The maximum absolute atomic E-state index is 7.97. The minimum atomic E-state index is -2.22. The summed E-state index contributed by atoms with van der Waals surface area (Å²) < 4.78 is 39.5. The van der Waals surface area contributed by atoms with Crippen molar-refractivity contribution in [1.82, 2.24) is 14.7 Å². The molecule has 4 heterocycles. The largest absolute Gasteiger partial charge is 0.456 e. The van der Waals surface area contributed by atoms with Crippen molar-refractivity contribution in [2.45, 2.75) is 91.9 Å². The van der Waals surface area contributed by atoms with Gasteiger partial charge in [-0.3, -0.25) is 0 Å². The predicted molar refractivity (Wildman–Crippen MR) is 213 cm³/mol. The highest BCUT2D eigenvalue weighted by Crippen LogP contribution is 2.47. The van der Waals surface area contributed by atoms with Crippen molar-refractivity contribution in [1.29, 1.82) is 0 Å². The van der Waals surface area contributed by atoms with E-state index in [-0.39, 0.29) is 17.5 Å². The summed E-state index contributed by atoms with van der Waals surface area (Å²) >= 11 is 0. The molecule has 6 nitrogen and oxygen atoms in total. The number of nitrogens with zero attached hydrogens (tertiary/aromatic N) is 4. The highest BCUT2D eigenvalue weighted by atomic mass is 16.3. The number of anilines is 1. The summed E-state index contributed by atoms with van der Waals surface area (Å²) in [7, 11) is 0. The summed E-state index contributed by atoms with van der Waals surface area (Å²) in [6, 6.07) is 19.4. The van der Waals surface area contributed by atoms with Gasteiger partial charge in [0.15, 0.2) is 0 Å². The molecule has 4 aromatic carbocycles. The Hall–Kier alpha value is -4.97. The van der Waals surface area contributed by atoms with Crippen LogP contribution >= 0.6 is 0 Å². The second-order valence-corrected chi connectivity index (χ2v) is 16.9. The van der Waals surface area contributed by atoms with E-state index in [0.29, 0.717) is 11.8 Å². The molecular formula is C45H50N4O2. The molecule has 3 aromatic heterocycles. The molecule has 0 bridgehead atoms. The minimum Gasteiger partial charge on any atom is -0.456 e. The smallest absolute Gasteiger partial charge is 0.139 e. The SMILES string of the molecule is [2H]C([2H])([2H])N1C=CN(c2cc(C(C)(C)C)c3oc4ccc5oc6c(C(C)(C)C)cc(-n7cc(-c8c(C(C)C)cccc8C(C)C)cn7)cc6c5c4c3c2)C1. The lowest BCUT2D eigenvalue weighted by Gasteiger charge is -2.24. The molecular weight excluding hydrogens is 629 g/mol. The van der Waals surface area contributed by atoms with E-state index < -0.39 is 6.98 Å². The summed E-state index contributed by atoms with van der Waals surface area (Å²) in [4.78, 5) is 3.37. The van der Waals surface area contributed by atoms with Gasteiger partial charge in [-0.2, -0.15) is 5.10 Å². The van der Waals surface area contributed by atoms with Crippen LogP contribution in [0.15, 0.2) is 88.2 Å². The van der Waals surface area contributed by atoms with Gasteiger partial charge >= 0.3 is 0 Å². The fourth-order valence-corrected chi connectivity index (χ4v) is 7.78. The summed E-state index contributed by atoms with van der Waals surface area (Å²) in [6.45, 7) is 20.2. The molecule has 0 spiro atoms. The molecule has 51 heavy (non-hydrogen) atoms. The zero-order valence-corrected chi connectivity index (χ0v) is 31.5. The third kappa shape index (κ3) is 5.42. The molecule has 0 atom stereocenters. The Kier molecular flexibility index (Phi) is 6.72. The van der Waals surface area contributed by atoms with Crippen LogP contribution in [0.25, 0.3) is 60.7 Å². The maximum atomic E-state index is 7.97. The Balaban J connectivity index is 1.39. The Bertz CT molecular complexity index is 2600. The first kappa shape index (κ1) is 29.7. The van der Waals surface area contributed by atoms with Crippen LogP contribution in [0, 0.1) is 0 Å². The molecule has 0 saturated carbocycles. The van der Waals surface area contributed by atoms with Crippen LogP contribution in [0.2, 0.25) is 0 Å².